The van der Waals surface area contributed by atoms with Crippen LogP contribution in [-0.2, 0) is 17.1 Å². The Morgan fingerprint density at radius 3 is 2.38 bits per heavy atom. The molecule has 32 heavy (non-hydrogen) atoms. The zero-order valence-electron chi connectivity index (χ0n) is 17.9. The molecule has 166 valence electrons. The van der Waals surface area contributed by atoms with Crippen LogP contribution in [0, 0.1) is 6.92 Å². The van der Waals surface area contributed by atoms with Crippen molar-refractivity contribution in [2.75, 3.05) is 29.0 Å². The van der Waals surface area contributed by atoms with Gasteiger partial charge in [-0.15, -0.1) is 0 Å². The first-order valence-electron chi connectivity index (χ1n) is 9.65. The zero-order valence-corrected chi connectivity index (χ0v) is 18.8. The lowest BCUT2D eigenvalue weighted by Gasteiger charge is -2.14. The molecule has 2 aromatic carbocycles. The molecule has 0 atom stereocenters. The monoisotopic (exact) mass is 454 g/mol. The van der Waals surface area contributed by atoms with E-state index < -0.39 is 15.8 Å². The molecule has 0 fully saturated rings. The molecule has 11 heteroatoms. The standard InChI is InChI=1S/C21H22N6O4S/c1-13-11-19(26(2)3)24-20(22-13)23-14-5-7-15(8-6-14)25-32(29,30)16-9-10-18-17(12-16)27(4)21(28)31-18/h5-12,25H,1-4H3,(H,22,23,24). The van der Waals surface area contributed by atoms with Gasteiger partial charge in [0.1, 0.15) is 5.82 Å². The number of benzene rings is 2. The van der Waals surface area contributed by atoms with Crippen LogP contribution in [0.5, 0.6) is 0 Å². The van der Waals surface area contributed by atoms with Crippen LogP contribution in [-0.4, -0.2) is 37.0 Å². The summed E-state index contributed by atoms with van der Waals surface area (Å²) in [5.41, 5.74) is 2.63. The van der Waals surface area contributed by atoms with Crippen molar-refractivity contribution in [2.24, 2.45) is 7.05 Å². The molecule has 0 radical (unpaired) electrons. The van der Waals surface area contributed by atoms with E-state index in [9.17, 15) is 13.2 Å². The summed E-state index contributed by atoms with van der Waals surface area (Å²) in [6.07, 6.45) is 0. The average molecular weight is 455 g/mol. The number of fused-ring (bicyclic) bond motifs is 1. The van der Waals surface area contributed by atoms with Crippen LogP contribution >= 0.6 is 0 Å². The third kappa shape index (κ3) is 4.28. The van der Waals surface area contributed by atoms with Crippen molar-refractivity contribution in [2.45, 2.75) is 11.8 Å². The van der Waals surface area contributed by atoms with Crippen LogP contribution < -0.4 is 20.7 Å². The van der Waals surface area contributed by atoms with E-state index in [2.05, 4.69) is 20.0 Å². The van der Waals surface area contributed by atoms with Gasteiger partial charge in [0.05, 0.1) is 10.4 Å². The number of hydrogen-bond acceptors (Lipinski definition) is 8. The Hall–Kier alpha value is -3.86. The van der Waals surface area contributed by atoms with Gasteiger partial charge in [-0.1, -0.05) is 0 Å². The number of oxazole rings is 1. The number of rotatable bonds is 6. The summed E-state index contributed by atoms with van der Waals surface area (Å²) in [6.45, 7) is 1.89. The van der Waals surface area contributed by atoms with E-state index >= 15 is 0 Å². The molecule has 4 rings (SSSR count). The Morgan fingerprint density at radius 1 is 1.00 bits per heavy atom. The first-order valence-corrected chi connectivity index (χ1v) is 11.1. The van der Waals surface area contributed by atoms with E-state index in [0.717, 1.165) is 11.5 Å². The Balaban J connectivity index is 1.53. The smallest absolute Gasteiger partial charge is 0.408 e. The lowest BCUT2D eigenvalue weighted by atomic mass is 10.3. The number of nitrogens with one attached hydrogen (secondary N) is 2. The number of aryl methyl sites for hydroxylation is 2. The highest BCUT2D eigenvalue weighted by Crippen LogP contribution is 2.23. The summed E-state index contributed by atoms with van der Waals surface area (Å²) in [5.74, 6) is 0.665. The molecule has 0 aliphatic heterocycles. The van der Waals surface area contributed by atoms with Gasteiger partial charge in [0, 0.05) is 44.3 Å². The Labute approximate surface area is 184 Å². The summed E-state index contributed by atoms with van der Waals surface area (Å²) >= 11 is 0. The number of nitrogens with zero attached hydrogens (tertiary/aromatic N) is 4. The van der Waals surface area contributed by atoms with Crippen LogP contribution in [0.15, 0.2) is 62.6 Å². The maximum atomic E-state index is 12.8. The SMILES string of the molecule is Cc1cc(N(C)C)nc(Nc2ccc(NS(=O)(=O)c3ccc4oc(=O)n(C)c4c3)cc2)n1. The minimum Gasteiger partial charge on any atom is -0.408 e. The zero-order chi connectivity index (χ0) is 23.0. The molecular weight excluding hydrogens is 432 g/mol. The van der Waals surface area contributed by atoms with Crippen molar-refractivity contribution in [1.82, 2.24) is 14.5 Å². The van der Waals surface area contributed by atoms with E-state index in [4.69, 9.17) is 4.42 Å². The maximum absolute atomic E-state index is 12.8. The molecule has 0 saturated heterocycles. The number of hydrogen-bond donors (Lipinski definition) is 2. The minimum absolute atomic E-state index is 0.0213. The molecule has 0 bridgehead atoms. The van der Waals surface area contributed by atoms with Crippen LogP contribution in [0.3, 0.4) is 0 Å². The molecule has 0 aliphatic rings. The average Bonchev–Trinajstić information content (AvgIpc) is 3.02. The molecule has 0 aliphatic carbocycles. The second-order valence-corrected chi connectivity index (χ2v) is 9.13. The van der Waals surface area contributed by atoms with E-state index in [-0.39, 0.29) is 4.90 Å². The molecule has 2 N–H and O–H groups in total. The summed E-state index contributed by atoms with van der Waals surface area (Å²) in [6, 6.07) is 12.8. The normalized spacial score (nSPS) is 11.5. The third-order valence-electron chi connectivity index (χ3n) is 4.77. The lowest BCUT2D eigenvalue weighted by molar-refractivity contribution is 0.528. The van der Waals surface area contributed by atoms with E-state index in [1.807, 2.05) is 32.0 Å². The van der Waals surface area contributed by atoms with Gasteiger partial charge in [-0.2, -0.15) is 4.98 Å². The molecular formula is C21H22N6O4S. The molecule has 10 nitrogen and oxygen atoms in total. The largest absolute Gasteiger partial charge is 0.419 e. The van der Waals surface area contributed by atoms with Gasteiger partial charge in [-0.25, -0.2) is 18.2 Å². The highest BCUT2D eigenvalue weighted by Gasteiger charge is 2.17. The Kier molecular flexibility index (Phi) is 5.35. The maximum Gasteiger partial charge on any atom is 0.419 e. The van der Waals surface area contributed by atoms with Gasteiger partial charge in [0.25, 0.3) is 10.0 Å². The minimum atomic E-state index is -3.86. The first kappa shape index (κ1) is 21.4. The van der Waals surface area contributed by atoms with Crippen LogP contribution in [0.1, 0.15) is 5.69 Å². The molecule has 0 amide bonds. The molecule has 0 spiro atoms. The van der Waals surface area contributed by atoms with Crippen molar-refractivity contribution in [3.05, 3.63) is 64.8 Å². The fourth-order valence-electron chi connectivity index (χ4n) is 3.08. The van der Waals surface area contributed by atoms with Crippen LogP contribution in [0.4, 0.5) is 23.1 Å². The number of anilines is 4. The lowest BCUT2D eigenvalue weighted by Crippen LogP contribution is -2.13. The third-order valence-corrected chi connectivity index (χ3v) is 6.14. The second-order valence-electron chi connectivity index (χ2n) is 7.45. The van der Waals surface area contributed by atoms with E-state index in [1.165, 1.54) is 29.8 Å². The highest BCUT2D eigenvalue weighted by molar-refractivity contribution is 7.92. The second kappa shape index (κ2) is 8.00. The van der Waals surface area contributed by atoms with Crippen molar-refractivity contribution < 1.29 is 12.8 Å². The van der Waals surface area contributed by atoms with Gasteiger partial charge < -0.3 is 14.6 Å². The van der Waals surface area contributed by atoms with Crippen LogP contribution in [0.25, 0.3) is 11.1 Å². The van der Waals surface area contributed by atoms with Crippen molar-refractivity contribution in [3.63, 3.8) is 0 Å². The quantitative estimate of drug-likeness (QED) is 0.456. The van der Waals surface area contributed by atoms with Crippen molar-refractivity contribution in [1.29, 1.82) is 0 Å². The molecule has 0 saturated carbocycles. The molecule has 0 unspecified atom stereocenters. The van der Waals surface area contributed by atoms with E-state index in [0.29, 0.717) is 28.4 Å². The van der Waals surface area contributed by atoms with Crippen molar-refractivity contribution in [3.8, 4) is 0 Å². The van der Waals surface area contributed by atoms with Gasteiger partial charge in [-0.3, -0.25) is 9.29 Å². The fourth-order valence-corrected chi connectivity index (χ4v) is 4.15. The first-order chi connectivity index (χ1) is 15.1. The van der Waals surface area contributed by atoms with Gasteiger partial charge in [0.15, 0.2) is 5.58 Å². The number of sulfonamides is 1. The van der Waals surface area contributed by atoms with Gasteiger partial charge in [0.2, 0.25) is 5.95 Å². The summed E-state index contributed by atoms with van der Waals surface area (Å²) in [7, 11) is 1.45. The Bertz CT molecular complexity index is 1460. The summed E-state index contributed by atoms with van der Waals surface area (Å²) < 4.78 is 34.5. The molecule has 2 aromatic heterocycles. The van der Waals surface area contributed by atoms with E-state index in [1.54, 1.807) is 24.3 Å². The van der Waals surface area contributed by atoms with Gasteiger partial charge >= 0.3 is 5.76 Å². The predicted molar refractivity (Wildman–Crippen MR) is 123 cm³/mol. The number of aromatic nitrogens is 3. The van der Waals surface area contributed by atoms with Crippen LogP contribution in [0.2, 0.25) is 0 Å². The molecule has 4 aromatic rings. The van der Waals surface area contributed by atoms with Gasteiger partial charge in [-0.05, 0) is 49.4 Å². The fraction of sp³-hybridized carbons (Fsp3) is 0.190. The summed E-state index contributed by atoms with van der Waals surface area (Å²) in [5, 5.41) is 3.12. The predicted octanol–water partition coefficient (Wildman–Crippen LogP) is 2.84. The highest BCUT2D eigenvalue weighted by atomic mass is 32.2. The summed E-state index contributed by atoms with van der Waals surface area (Å²) in [4.78, 5) is 22.4. The molecule has 2 heterocycles. The topological polar surface area (TPSA) is 122 Å². The van der Waals surface area contributed by atoms with Crippen molar-refractivity contribution >= 4 is 44.3 Å². The Morgan fingerprint density at radius 2 is 1.69 bits per heavy atom.